The summed E-state index contributed by atoms with van der Waals surface area (Å²) < 4.78 is 29.0. The van der Waals surface area contributed by atoms with Crippen molar-refractivity contribution < 1.29 is 23.8 Å². The average molecular weight is 623 g/mol. The predicted molar refractivity (Wildman–Crippen MR) is 173 cm³/mol. The third-order valence-corrected chi connectivity index (χ3v) is 9.39. The van der Waals surface area contributed by atoms with E-state index in [1.54, 1.807) is 24.4 Å². The lowest BCUT2D eigenvalue weighted by molar-refractivity contribution is -0.117. The fraction of sp³-hybridized carbons (Fsp3) is 0.371. The van der Waals surface area contributed by atoms with Gasteiger partial charge in [-0.1, -0.05) is 24.6 Å². The van der Waals surface area contributed by atoms with Gasteiger partial charge in [0, 0.05) is 35.8 Å². The molecule has 1 atom stereocenters. The maximum absolute atomic E-state index is 16.8. The van der Waals surface area contributed by atoms with Crippen LogP contribution in [0.3, 0.4) is 0 Å². The highest BCUT2D eigenvalue weighted by atomic mass is 19.1. The number of nitrogens with one attached hydrogen (secondary N) is 1. The van der Waals surface area contributed by atoms with E-state index in [1.165, 1.54) is 12.1 Å². The number of anilines is 1. The van der Waals surface area contributed by atoms with E-state index in [9.17, 15) is 9.90 Å². The number of rotatable bonds is 7. The van der Waals surface area contributed by atoms with Crippen molar-refractivity contribution in [2.24, 2.45) is 0 Å². The van der Waals surface area contributed by atoms with E-state index in [0.717, 1.165) is 38.8 Å². The number of carbonyl (C=O) groups excluding carboxylic acids is 1. The molecule has 0 radical (unpaired) electrons. The number of amides is 1. The molecule has 2 aromatic heterocycles. The fourth-order valence-corrected chi connectivity index (χ4v) is 7.24. The molecule has 4 aromatic rings. The highest BCUT2D eigenvalue weighted by Gasteiger charge is 2.45. The number of aromatic hydroxyl groups is 1. The van der Waals surface area contributed by atoms with Crippen molar-refractivity contribution in [2.75, 3.05) is 50.9 Å². The second-order valence-corrected chi connectivity index (χ2v) is 12.2. The van der Waals surface area contributed by atoms with Crippen LogP contribution >= 0.6 is 0 Å². The first-order valence-corrected chi connectivity index (χ1v) is 15.6. The first kappa shape index (κ1) is 29.9. The van der Waals surface area contributed by atoms with Crippen LogP contribution in [0.15, 0.2) is 49.2 Å². The lowest BCUT2D eigenvalue weighted by Gasteiger charge is -2.31. The van der Waals surface area contributed by atoms with Gasteiger partial charge in [0.15, 0.2) is 5.82 Å². The Bertz CT molecular complexity index is 1880. The summed E-state index contributed by atoms with van der Waals surface area (Å²) in [6, 6.07) is 8.13. The van der Waals surface area contributed by atoms with Crippen LogP contribution in [0.5, 0.6) is 11.8 Å². The molecular formula is C35H35FN6O4. The molecule has 0 saturated carbocycles. The minimum Gasteiger partial charge on any atom is -0.508 e. The smallest absolute Gasteiger partial charge is 0.319 e. The number of fused-ring (bicyclic) bond motifs is 3. The molecule has 3 saturated heterocycles. The van der Waals surface area contributed by atoms with Crippen LogP contribution in [0.25, 0.3) is 32.9 Å². The monoisotopic (exact) mass is 622 g/mol. The predicted octanol–water partition coefficient (Wildman–Crippen LogP) is 4.19. The average Bonchev–Trinajstić information content (AvgIpc) is 3.56. The summed E-state index contributed by atoms with van der Waals surface area (Å²) in [5, 5.41) is 15.1. The maximum atomic E-state index is 16.8. The third-order valence-electron chi connectivity index (χ3n) is 9.39. The zero-order valence-electron chi connectivity index (χ0n) is 25.5. The van der Waals surface area contributed by atoms with E-state index in [4.69, 9.17) is 20.9 Å². The number of hydrogen-bond donors (Lipinski definition) is 2. The largest absolute Gasteiger partial charge is 0.508 e. The third kappa shape index (κ3) is 5.37. The second kappa shape index (κ2) is 12.2. The van der Waals surface area contributed by atoms with Crippen molar-refractivity contribution in [1.29, 1.82) is 0 Å². The fourth-order valence-electron chi connectivity index (χ4n) is 7.24. The quantitative estimate of drug-likeness (QED) is 0.232. The van der Waals surface area contributed by atoms with Gasteiger partial charge in [0.2, 0.25) is 5.91 Å². The molecule has 2 N–H and O–H groups in total. The molecule has 3 fully saturated rings. The van der Waals surface area contributed by atoms with Gasteiger partial charge >= 0.3 is 6.01 Å². The summed E-state index contributed by atoms with van der Waals surface area (Å²) in [5.74, 6) is 2.06. The van der Waals surface area contributed by atoms with Gasteiger partial charge in [-0.3, -0.25) is 14.7 Å². The molecule has 236 valence electrons. The van der Waals surface area contributed by atoms with Crippen LogP contribution in [0.4, 0.5) is 10.2 Å². The number of phenolic OH excluding ortho intramolecular Hbond substituents is 1. The Balaban J connectivity index is 1.36. The summed E-state index contributed by atoms with van der Waals surface area (Å²) in [5.41, 5.74) is 0.869. The molecule has 7 rings (SSSR count). The van der Waals surface area contributed by atoms with Gasteiger partial charge in [-0.2, -0.15) is 9.97 Å². The Labute approximate surface area is 266 Å². The first-order valence-electron chi connectivity index (χ1n) is 15.6. The van der Waals surface area contributed by atoms with E-state index < -0.39 is 5.82 Å². The Morgan fingerprint density at radius 2 is 2.09 bits per heavy atom. The summed E-state index contributed by atoms with van der Waals surface area (Å²) in [4.78, 5) is 30.6. The van der Waals surface area contributed by atoms with E-state index in [-0.39, 0.29) is 40.5 Å². The van der Waals surface area contributed by atoms with Crippen molar-refractivity contribution in [2.45, 2.75) is 37.3 Å². The van der Waals surface area contributed by atoms with E-state index in [2.05, 4.69) is 32.7 Å². The number of benzene rings is 2. The number of phenols is 1. The minimum absolute atomic E-state index is 0.00150. The van der Waals surface area contributed by atoms with Crippen LogP contribution in [0, 0.1) is 18.2 Å². The molecule has 0 spiro atoms. The highest BCUT2D eigenvalue weighted by molar-refractivity contribution is 6.02. The first-order chi connectivity index (χ1) is 22.4. The molecule has 0 unspecified atom stereocenters. The lowest BCUT2D eigenvalue weighted by Crippen LogP contribution is -2.44. The van der Waals surface area contributed by atoms with Crippen LogP contribution in [0.1, 0.15) is 31.2 Å². The van der Waals surface area contributed by atoms with Crippen molar-refractivity contribution in [3.05, 3.63) is 60.6 Å². The number of terminal acetylenes is 1. The van der Waals surface area contributed by atoms with Crippen molar-refractivity contribution >= 4 is 33.4 Å². The summed E-state index contributed by atoms with van der Waals surface area (Å²) in [6.45, 7) is 7.51. The molecule has 3 aliphatic heterocycles. The summed E-state index contributed by atoms with van der Waals surface area (Å²) in [6.07, 6.45) is 12.9. The Hall–Kier alpha value is -4.79. The SMILES string of the molecule is C#Cc1cccc2cc(O)cc(-c3ncc4c(N5CCOC[C@H](NC(=O)C=C)C5)nc(OCC56CCCN5CCC6)nc4c3F)c12. The van der Waals surface area contributed by atoms with Gasteiger partial charge in [-0.25, -0.2) is 4.39 Å². The summed E-state index contributed by atoms with van der Waals surface area (Å²) in [7, 11) is 0. The number of carbonyl (C=O) groups is 1. The van der Waals surface area contributed by atoms with E-state index in [0.29, 0.717) is 66.0 Å². The number of hydrogen-bond acceptors (Lipinski definition) is 9. The topological polar surface area (TPSA) is 113 Å². The molecule has 0 aliphatic carbocycles. The molecule has 5 heterocycles. The molecule has 1 amide bonds. The maximum Gasteiger partial charge on any atom is 0.319 e. The van der Waals surface area contributed by atoms with Crippen molar-refractivity contribution in [1.82, 2.24) is 25.2 Å². The zero-order valence-corrected chi connectivity index (χ0v) is 25.5. The number of nitrogens with zero attached hydrogens (tertiary/aromatic N) is 5. The van der Waals surface area contributed by atoms with Crippen LogP contribution in [0.2, 0.25) is 0 Å². The van der Waals surface area contributed by atoms with E-state index in [1.807, 2.05) is 11.0 Å². The molecule has 11 heteroatoms. The molecule has 46 heavy (non-hydrogen) atoms. The van der Waals surface area contributed by atoms with Gasteiger partial charge in [0.25, 0.3) is 0 Å². The standard InChI is InChI=1S/C35H35FN6O4/c1-3-22-8-5-9-23-16-25(43)17-26(29(22)23)31-30(36)32-27(18-37-31)33(41-14-15-45-20-24(19-41)38-28(44)4-2)40-34(39-32)46-21-35-10-6-12-42(35)13-7-11-35/h1,4-5,8-9,16-18,24,43H,2,6-7,10-15,19-21H2,(H,38,44)/t24-/m1/s1. The normalized spacial score (nSPS) is 19.5. The zero-order chi connectivity index (χ0) is 31.8. The molecule has 0 bridgehead atoms. The van der Waals surface area contributed by atoms with Crippen molar-refractivity contribution in [3.63, 3.8) is 0 Å². The number of ether oxygens (including phenoxy) is 2. The molecule has 2 aromatic carbocycles. The Morgan fingerprint density at radius 1 is 1.26 bits per heavy atom. The number of aromatic nitrogens is 3. The number of halogens is 1. The van der Waals surface area contributed by atoms with Crippen molar-refractivity contribution in [3.8, 4) is 35.4 Å². The minimum atomic E-state index is -0.686. The van der Waals surface area contributed by atoms with Gasteiger partial charge in [0.1, 0.15) is 29.4 Å². The van der Waals surface area contributed by atoms with Crippen LogP contribution in [-0.2, 0) is 9.53 Å². The molecular weight excluding hydrogens is 587 g/mol. The van der Waals surface area contributed by atoms with Gasteiger partial charge in [0.05, 0.1) is 30.2 Å². The molecule has 3 aliphatic rings. The van der Waals surface area contributed by atoms with Crippen LogP contribution < -0.4 is 15.0 Å². The lowest BCUT2D eigenvalue weighted by atomic mass is 9.95. The Morgan fingerprint density at radius 3 is 2.87 bits per heavy atom. The second-order valence-electron chi connectivity index (χ2n) is 12.2. The summed E-state index contributed by atoms with van der Waals surface area (Å²) >= 11 is 0. The number of pyridine rings is 1. The Kier molecular flexibility index (Phi) is 7.92. The highest BCUT2D eigenvalue weighted by Crippen LogP contribution is 2.40. The van der Waals surface area contributed by atoms with Crippen LogP contribution in [-0.4, -0.2) is 88.4 Å². The van der Waals surface area contributed by atoms with Gasteiger partial charge in [-0.15, -0.1) is 6.42 Å². The van der Waals surface area contributed by atoms with E-state index >= 15 is 4.39 Å². The van der Waals surface area contributed by atoms with Gasteiger partial charge in [-0.05, 0) is 68.4 Å². The van der Waals surface area contributed by atoms with Gasteiger partial charge < -0.3 is 24.8 Å². The molecule has 10 nitrogen and oxygen atoms in total.